The molecule has 0 spiro atoms. The molecule has 2 heterocycles. The Kier molecular flexibility index (Phi) is 1.89. The Balaban J connectivity index is 1.98. The van der Waals surface area contributed by atoms with Gasteiger partial charge in [0.05, 0.1) is 0 Å². The Morgan fingerprint density at radius 3 is 3.20 bits per heavy atom. The van der Waals surface area contributed by atoms with E-state index in [1.165, 1.54) is 17.7 Å². The van der Waals surface area contributed by atoms with Gasteiger partial charge in [-0.05, 0) is 43.8 Å². The van der Waals surface area contributed by atoms with E-state index in [-0.39, 0.29) is 0 Å². The van der Waals surface area contributed by atoms with Crippen molar-refractivity contribution in [3.05, 3.63) is 23.8 Å². The number of rotatable bonds is 0. The zero-order valence-electron chi connectivity index (χ0n) is 8.90. The van der Waals surface area contributed by atoms with Crippen molar-refractivity contribution in [3.8, 4) is 5.75 Å². The van der Waals surface area contributed by atoms with Crippen molar-refractivity contribution in [2.75, 3.05) is 25.5 Å². The maximum atomic E-state index is 9.51. The number of hydrogen-bond donors (Lipinski definition) is 2. The van der Waals surface area contributed by atoms with Gasteiger partial charge >= 0.3 is 0 Å². The summed E-state index contributed by atoms with van der Waals surface area (Å²) in [6.45, 7) is 2.25. The van der Waals surface area contributed by atoms with Crippen molar-refractivity contribution < 1.29 is 5.11 Å². The minimum Gasteiger partial charge on any atom is -0.508 e. The van der Waals surface area contributed by atoms with E-state index in [0.29, 0.717) is 17.7 Å². The van der Waals surface area contributed by atoms with Crippen LogP contribution in [-0.4, -0.2) is 36.2 Å². The summed E-state index contributed by atoms with van der Waals surface area (Å²) in [5.41, 5.74) is 2.49. The number of phenols is 1. The van der Waals surface area contributed by atoms with E-state index in [2.05, 4.69) is 17.3 Å². The van der Waals surface area contributed by atoms with Crippen LogP contribution in [0.3, 0.4) is 0 Å². The van der Waals surface area contributed by atoms with Gasteiger partial charge in [0.1, 0.15) is 5.75 Å². The molecule has 2 N–H and O–H groups in total. The molecule has 0 bridgehead atoms. The van der Waals surface area contributed by atoms with E-state index < -0.39 is 0 Å². The van der Waals surface area contributed by atoms with Crippen LogP contribution in [0.1, 0.15) is 17.9 Å². The number of likely N-dealkylation sites (tertiary alicyclic amines) is 1. The Morgan fingerprint density at radius 1 is 1.47 bits per heavy atom. The molecule has 0 aliphatic carbocycles. The van der Waals surface area contributed by atoms with Crippen LogP contribution in [0.15, 0.2) is 18.2 Å². The lowest BCUT2D eigenvalue weighted by Gasteiger charge is -2.32. The third-order valence-corrected chi connectivity index (χ3v) is 3.59. The third kappa shape index (κ3) is 1.38. The molecule has 80 valence electrons. The number of anilines is 1. The smallest absolute Gasteiger partial charge is 0.116 e. The zero-order chi connectivity index (χ0) is 10.4. The summed E-state index contributed by atoms with van der Waals surface area (Å²) in [6.07, 6.45) is 1.19. The highest BCUT2D eigenvalue weighted by atomic mass is 16.3. The van der Waals surface area contributed by atoms with Gasteiger partial charge in [-0.15, -0.1) is 0 Å². The molecule has 0 unspecified atom stereocenters. The minimum atomic E-state index is 0.379. The summed E-state index contributed by atoms with van der Waals surface area (Å²) < 4.78 is 0. The SMILES string of the molecule is CN1CC[C@@H]2Nc3ccc(O)cc3[C@@H]2C1. The first-order valence-electron chi connectivity index (χ1n) is 5.52. The van der Waals surface area contributed by atoms with E-state index >= 15 is 0 Å². The second-order valence-corrected chi connectivity index (χ2v) is 4.68. The number of fused-ring (bicyclic) bond motifs is 3. The van der Waals surface area contributed by atoms with Crippen molar-refractivity contribution in [2.24, 2.45) is 0 Å². The molecule has 0 radical (unpaired) electrons. The maximum absolute atomic E-state index is 9.51. The maximum Gasteiger partial charge on any atom is 0.116 e. The molecule has 0 amide bonds. The molecule has 1 aromatic rings. The molecule has 0 saturated carbocycles. The molecule has 3 heteroatoms. The van der Waals surface area contributed by atoms with Crippen molar-refractivity contribution in [3.63, 3.8) is 0 Å². The highest BCUT2D eigenvalue weighted by Gasteiger charge is 2.35. The van der Waals surface area contributed by atoms with E-state index in [4.69, 9.17) is 0 Å². The van der Waals surface area contributed by atoms with Gasteiger partial charge in [-0.2, -0.15) is 0 Å². The summed E-state index contributed by atoms with van der Waals surface area (Å²) in [4.78, 5) is 2.36. The predicted molar refractivity (Wildman–Crippen MR) is 60.4 cm³/mol. The second-order valence-electron chi connectivity index (χ2n) is 4.68. The number of phenolic OH excluding ortho intramolecular Hbond substituents is 1. The van der Waals surface area contributed by atoms with Crippen molar-refractivity contribution in [1.82, 2.24) is 4.90 Å². The molecule has 2 aliphatic heterocycles. The van der Waals surface area contributed by atoms with Crippen LogP contribution in [0.2, 0.25) is 0 Å². The van der Waals surface area contributed by atoms with Crippen molar-refractivity contribution in [1.29, 1.82) is 0 Å². The molecule has 1 saturated heterocycles. The number of aromatic hydroxyl groups is 1. The van der Waals surface area contributed by atoms with Gasteiger partial charge < -0.3 is 15.3 Å². The number of hydrogen-bond acceptors (Lipinski definition) is 3. The van der Waals surface area contributed by atoms with Crippen LogP contribution < -0.4 is 5.32 Å². The van der Waals surface area contributed by atoms with Gasteiger partial charge in [0.2, 0.25) is 0 Å². The first-order chi connectivity index (χ1) is 7.24. The van der Waals surface area contributed by atoms with E-state index in [9.17, 15) is 5.11 Å². The lowest BCUT2D eigenvalue weighted by Crippen LogP contribution is -2.39. The number of likely N-dealkylation sites (N-methyl/N-ethyl adjacent to an activating group) is 1. The van der Waals surface area contributed by atoms with Crippen molar-refractivity contribution in [2.45, 2.75) is 18.4 Å². The van der Waals surface area contributed by atoms with Gasteiger partial charge in [-0.1, -0.05) is 0 Å². The lowest BCUT2D eigenvalue weighted by molar-refractivity contribution is 0.243. The fraction of sp³-hybridized carbons (Fsp3) is 0.500. The zero-order valence-corrected chi connectivity index (χ0v) is 8.90. The van der Waals surface area contributed by atoms with Gasteiger partial charge in [-0.25, -0.2) is 0 Å². The number of piperidine rings is 1. The standard InChI is InChI=1S/C12H16N2O/c1-14-5-4-12-10(7-14)9-6-8(15)2-3-11(9)13-12/h2-3,6,10,12-13,15H,4-5,7H2,1H3/t10-,12-/m0/s1. The highest BCUT2D eigenvalue weighted by molar-refractivity contribution is 5.61. The second kappa shape index (κ2) is 3.14. The number of nitrogens with one attached hydrogen (secondary N) is 1. The number of benzene rings is 1. The van der Waals surface area contributed by atoms with Crippen LogP contribution in [-0.2, 0) is 0 Å². The molecule has 3 rings (SSSR count). The first-order valence-corrected chi connectivity index (χ1v) is 5.52. The summed E-state index contributed by atoms with van der Waals surface area (Å²) >= 11 is 0. The topological polar surface area (TPSA) is 35.5 Å². The quantitative estimate of drug-likeness (QED) is 0.630. The molecule has 1 fully saturated rings. The lowest BCUT2D eigenvalue weighted by atomic mass is 9.89. The van der Waals surface area contributed by atoms with Gasteiger partial charge in [-0.3, -0.25) is 0 Å². The average molecular weight is 204 g/mol. The molecular weight excluding hydrogens is 188 g/mol. The van der Waals surface area contributed by atoms with Gasteiger partial charge in [0.25, 0.3) is 0 Å². The third-order valence-electron chi connectivity index (χ3n) is 3.59. The predicted octanol–water partition coefficient (Wildman–Crippen LogP) is 1.61. The largest absolute Gasteiger partial charge is 0.508 e. The fourth-order valence-electron chi connectivity index (χ4n) is 2.79. The van der Waals surface area contributed by atoms with E-state index in [0.717, 1.165) is 13.1 Å². The van der Waals surface area contributed by atoms with E-state index in [1.807, 2.05) is 12.1 Å². The fourth-order valence-corrected chi connectivity index (χ4v) is 2.79. The van der Waals surface area contributed by atoms with Gasteiger partial charge in [0, 0.05) is 24.2 Å². The molecule has 3 nitrogen and oxygen atoms in total. The molecule has 1 aromatic carbocycles. The van der Waals surface area contributed by atoms with Crippen molar-refractivity contribution >= 4 is 5.69 Å². The molecular formula is C12H16N2O. The average Bonchev–Trinajstić information content (AvgIpc) is 2.56. The molecule has 0 aromatic heterocycles. The highest BCUT2D eigenvalue weighted by Crippen LogP contribution is 2.41. The summed E-state index contributed by atoms with van der Waals surface area (Å²) in [6, 6.07) is 6.22. The Hall–Kier alpha value is -1.22. The first kappa shape index (κ1) is 9.04. The molecule has 15 heavy (non-hydrogen) atoms. The summed E-state index contributed by atoms with van der Waals surface area (Å²) in [5, 5.41) is 13.1. The van der Waals surface area contributed by atoms with Crippen LogP contribution in [0.5, 0.6) is 5.75 Å². The number of nitrogens with zero attached hydrogens (tertiary/aromatic N) is 1. The van der Waals surface area contributed by atoms with Crippen LogP contribution in [0.4, 0.5) is 5.69 Å². The van der Waals surface area contributed by atoms with Crippen LogP contribution in [0.25, 0.3) is 0 Å². The van der Waals surface area contributed by atoms with E-state index in [1.54, 1.807) is 6.07 Å². The minimum absolute atomic E-state index is 0.379. The van der Waals surface area contributed by atoms with Crippen LogP contribution >= 0.6 is 0 Å². The Bertz CT molecular complexity index is 391. The van der Waals surface area contributed by atoms with Gasteiger partial charge in [0.15, 0.2) is 0 Å². The molecule has 2 atom stereocenters. The summed E-state index contributed by atoms with van der Waals surface area (Å²) in [5.74, 6) is 0.926. The summed E-state index contributed by atoms with van der Waals surface area (Å²) in [7, 11) is 2.16. The monoisotopic (exact) mass is 204 g/mol. The molecule has 2 aliphatic rings. The van der Waals surface area contributed by atoms with Crippen LogP contribution in [0, 0.1) is 0 Å². The Morgan fingerprint density at radius 2 is 2.33 bits per heavy atom. The normalized spacial score (nSPS) is 29.4. The Labute approximate surface area is 89.7 Å².